The van der Waals surface area contributed by atoms with Crippen molar-refractivity contribution in [2.75, 3.05) is 6.54 Å². The van der Waals surface area contributed by atoms with Gasteiger partial charge in [-0.1, -0.05) is 11.6 Å². The SMILES string of the molecule is O=C(NCCc1cscn1)c1cnc(Cl)cn1. The molecular weight excluding hydrogens is 260 g/mol. The van der Waals surface area contributed by atoms with E-state index in [1.54, 1.807) is 5.51 Å². The third-order valence-corrected chi connectivity index (χ3v) is 2.83. The summed E-state index contributed by atoms with van der Waals surface area (Å²) in [4.78, 5) is 23.4. The molecule has 17 heavy (non-hydrogen) atoms. The summed E-state index contributed by atoms with van der Waals surface area (Å²) in [6.07, 6.45) is 3.40. The molecule has 1 N–H and O–H groups in total. The summed E-state index contributed by atoms with van der Waals surface area (Å²) in [5.74, 6) is -0.260. The van der Waals surface area contributed by atoms with Crippen molar-refractivity contribution in [1.82, 2.24) is 20.3 Å². The van der Waals surface area contributed by atoms with Crippen LogP contribution in [-0.2, 0) is 6.42 Å². The molecule has 0 fully saturated rings. The normalized spacial score (nSPS) is 10.2. The van der Waals surface area contributed by atoms with Gasteiger partial charge in [-0.3, -0.25) is 4.79 Å². The number of rotatable bonds is 4. The average Bonchev–Trinajstić information content (AvgIpc) is 2.83. The second kappa shape index (κ2) is 5.70. The van der Waals surface area contributed by atoms with Crippen LogP contribution in [0.2, 0.25) is 5.15 Å². The molecule has 0 aromatic carbocycles. The van der Waals surface area contributed by atoms with Crippen LogP contribution in [0.3, 0.4) is 0 Å². The molecule has 2 heterocycles. The van der Waals surface area contributed by atoms with Crippen molar-refractivity contribution in [3.63, 3.8) is 0 Å². The highest BCUT2D eigenvalue weighted by molar-refractivity contribution is 7.07. The smallest absolute Gasteiger partial charge is 0.271 e. The summed E-state index contributed by atoms with van der Waals surface area (Å²) in [6.45, 7) is 0.521. The van der Waals surface area contributed by atoms with Gasteiger partial charge in [0, 0.05) is 18.3 Å². The minimum atomic E-state index is -0.260. The Morgan fingerprint density at radius 1 is 1.35 bits per heavy atom. The number of halogens is 1. The Balaban J connectivity index is 1.83. The van der Waals surface area contributed by atoms with Crippen LogP contribution in [0.25, 0.3) is 0 Å². The zero-order chi connectivity index (χ0) is 12.1. The zero-order valence-electron chi connectivity index (χ0n) is 8.76. The fraction of sp³-hybridized carbons (Fsp3) is 0.200. The predicted molar refractivity (Wildman–Crippen MR) is 65.2 cm³/mol. The van der Waals surface area contributed by atoms with Crippen LogP contribution < -0.4 is 5.32 Å². The fourth-order valence-corrected chi connectivity index (χ4v) is 1.88. The van der Waals surface area contributed by atoms with Gasteiger partial charge in [-0.25, -0.2) is 15.0 Å². The van der Waals surface area contributed by atoms with Crippen molar-refractivity contribution in [2.45, 2.75) is 6.42 Å². The molecule has 0 atom stereocenters. The predicted octanol–water partition coefficient (Wildman–Crippen LogP) is 1.56. The summed E-state index contributed by atoms with van der Waals surface area (Å²) in [7, 11) is 0. The number of nitrogens with zero attached hydrogens (tertiary/aromatic N) is 3. The lowest BCUT2D eigenvalue weighted by Gasteiger charge is -2.02. The lowest BCUT2D eigenvalue weighted by molar-refractivity contribution is 0.0948. The summed E-state index contributed by atoms with van der Waals surface area (Å²) in [5, 5.41) is 4.96. The van der Waals surface area contributed by atoms with Crippen LogP contribution in [0, 0.1) is 0 Å². The number of thiazole rings is 1. The van der Waals surface area contributed by atoms with Crippen LogP contribution in [-0.4, -0.2) is 27.4 Å². The fourth-order valence-electron chi connectivity index (χ4n) is 1.19. The van der Waals surface area contributed by atoms with Crippen LogP contribution in [0.1, 0.15) is 16.2 Å². The molecule has 0 saturated heterocycles. The highest BCUT2D eigenvalue weighted by Gasteiger charge is 2.06. The van der Waals surface area contributed by atoms with E-state index in [1.807, 2.05) is 5.38 Å². The van der Waals surface area contributed by atoms with Gasteiger partial charge in [0.25, 0.3) is 5.91 Å². The van der Waals surface area contributed by atoms with E-state index < -0.39 is 0 Å². The number of aromatic nitrogens is 3. The molecule has 88 valence electrons. The molecule has 0 saturated carbocycles. The average molecular weight is 269 g/mol. The van der Waals surface area contributed by atoms with Gasteiger partial charge in [0.05, 0.1) is 23.6 Å². The number of amides is 1. The van der Waals surface area contributed by atoms with Gasteiger partial charge in [0.1, 0.15) is 10.8 Å². The Morgan fingerprint density at radius 2 is 2.24 bits per heavy atom. The van der Waals surface area contributed by atoms with E-state index in [9.17, 15) is 4.79 Å². The topological polar surface area (TPSA) is 67.8 Å². The Morgan fingerprint density at radius 3 is 2.88 bits per heavy atom. The molecule has 5 nitrogen and oxygen atoms in total. The van der Waals surface area contributed by atoms with Gasteiger partial charge in [-0.05, 0) is 0 Å². The van der Waals surface area contributed by atoms with E-state index >= 15 is 0 Å². The van der Waals surface area contributed by atoms with E-state index in [0.717, 1.165) is 5.69 Å². The first-order valence-corrected chi connectivity index (χ1v) is 6.20. The van der Waals surface area contributed by atoms with Crippen LogP contribution in [0.4, 0.5) is 0 Å². The number of hydrogen-bond donors (Lipinski definition) is 1. The maximum Gasteiger partial charge on any atom is 0.271 e. The highest BCUT2D eigenvalue weighted by Crippen LogP contribution is 2.02. The third-order valence-electron chi connectivity index (χ3n) is 2.00. The van der Waals surface area contributed by atoms with Gasteiger partial charge < -0.3 is 5.32 Å². The van der Waals surface area contributed by atoms with Crippen molar-refractivity contribution in [3.8, 4) is 0 Å². The van der Waals surface area contributed by atoms with E-state index in [2.05, 4.69) is 20.3 Å². The molecule has 0 spiro atoms. The van der Waals surface area contributed by atoms with Gasteiger partial charge >= 0.3 is 0 Å². The first-order chi connectivity index (χ1) is 8.25. The van der Waals surface area contributed by atoms with Gasteiger partial charge in [-0.15, -0.1) is 11.3 Å². The first-order valence-electron chi connectivity index (χ1n) is 4.88. The Labute approximate surface area is 107 Å². The molecule has 7 heteroatoms. The summed E-state index contributed by atoms with van der Waals surface area (Å²) < 4.78 is 0. The van der Waals surface area contributed by atoms with Crippen LogP contribution >= 0.6 is 22.9 Å². The number of hydrogen-bond acceptors (Lipinski definition) is 5. The largest absolute Gasteiger partial charge is 0.350 e. The monoisotopic (exact) mass is 268 g/mol. The van der Waals surface area contributed by atoms with Crippen molar-refractivity contribution >= 4 is 28.8 Å². The lowest BCUT2D eigenvalue weighted by Crippen LogP contribution is -2.26. The molecule has 1 amide bonds. The summed E-state index contributed by atoms with van der Waals surface area (Å²) in [5.41, 5.74) is 2.99. The van der Waals surface area contributed by atoms with E-state index in [4.69, 9.17) is 11.6 Å². The van der Waals surface area contributed by atoms with Gasteiger partial charge in [0.2, 0.25) is 0 Å². The molecule has 0 bridgehead atoms. The number of nitrogens with one attached hydrogen (secondary N) is 1. The first kappa shape index (κ1) is 11.9. The second-order valence-corrected chi connectivity index (χ2v) is 4.32. The maximum absolute atomic E-state index is 11.6. The summed E-state index contributed by atoms with van der Waals surface area (Å²) in [6, 6.07) is 0. The molecule has 2 aromatic heterocycles. The Bertz CT molecular complexity index is 486. The minimum absolute atomic E-state index is 0.257. The number of carbonyl (C=O) groups is 1. The zero-order valence-corrected chi connectivity index (χ0v) is 10.3. The van der Waals surface area contributed by atoms with E-state index in [1.165, 1.54) is 23.7 Å². The number of carbonyl (C=O) groups excluding carboxylic acids is 1. The standard InChI is InChI=1S/C10H9ClN4OS/c11-9-4-13-8(3-14-9)10(16)12-2-1-7-5-17-6-15-7/h3-6H,1-2H2,(H,12,16). The van der Waals surface area contributed by atoms with E-state index in [-0.39, 0.29) is 16.8 Å². The van der Waals surface area contributed by atoms with Crippen molar-refractivity contribution in [1.29, 1.82) is 0 Å². The van der Waals surface area contributed by atoms with E-state index in [0.29, 0.717) is 13.0 Å². The van der Waals surface area contributed by atoms with Crippen molar-refractivity contribution in [3.05, 3.63) is 39.8 Å². The molecule has 0 unspecified atom stereocenters. The molecule has 0 aliphatic carbocycles. The quantitative estimate of drug-likeness (QED) is 0.914. The van der Waals surface area contributed by atoms with Gasteiger partial charge in [-0.2, -0.15) is 0 Å². The highest BCUT2D eigenvalue weighted by atomic mass is 35.5. The molecule has 2 rings (SSSR count). The molecule has 0 aliphatic rings. The lowest BCUT2D eigenvalue weighted by atomic mass is 10.3. The third kappa shape index (κ3) is 3.47. The Hall–Kier alpha value is -1.53. The van der Waals surface area contributed by atoms with Crippen molar-refractivity contribution < 1.29 is 4.79 Å². The van der Waals surface area contributed by atoms with Gasteiger partial charge in [0.15, 0.2) is 0 Å². The Kier molecular flexibility index (Phi) is 4.00. The second-order valence-electron chi connectivity index (χ2n) is 3.21. The minimum Gasteiger partial charge on any atom is -0.350 e. The maximum atomic E-state index is 11.6. The van der Waals surface area contributed by atoms with Crippen LogP contribution in [0.15, 0.2) is 23.3 Å². The van der Waals surface area contributed by atoms with Crippen molar-refractivity contribution in [2.24, 2.45) is 0 Å². The summed E-state index contributed by atoms with van der Waals surface area (Å²) >= 11 is 7.11. The molecule has 0 radical (unpaired) electrons. The van der Waals surface area contributed by atoms with Crippen LogP contribution in [0.5, 0.6) is 0 Å². The molecular formula is C10H9ClN4OS. The molecule has 0 aliphatic heterocycles. The molecule has 2 aromatic rings.